The van der Waals surface area contributed by atoms with Gasteiger partial charge in [-0.15, -0.1) is 0 Å². The fourth-order valence-corrected chi connectivity index (χ4v) is 3.07. The van der Waals surface area contributed by atoms with Crippen LogP contribution < -0.4 is 10.1 Å². The average Bonchev–Trinajstić information content (AvgIpc) is 3.04. The molecule has 7 nitrogen and oxygen atoms in total. The van der Waals surface area contributed by atoms with Gasteiger partial charge in [-0.3, -0.25) is 14.5 Å². The lowest BCUT2D eigenvalue weighted by atomic mass is 10.1. The number of amides is 1. The van der Waals surface area contributed by atoms with E-state index in [0.717, 1.165) is 28.3 Å². The number of hydrogen-bond acceptors (Lipinski definition) is 5. The number of nitrogens with one attached hydrogen (secondary N) is 1. The van der Waals surface area contributed by atoms with Crippen molar-refractivity contribution in [3.05, 3.63) is 72.2 Å². The molecule has 0 aliphatic heterocycles. The topological polar surface area (TPSA) is 81.4 Å². The van der Waals surface area contributed by atoms with E-state index in [0.29, 0.717) is 5.69 Å². The summed E-state index contributed by atoms with van der Waals surface area (Å²) in [7, 11) is 1.61. The van der Waals surface area contributed by atoms with Crippen LogP contribution in [0.3, 0.4) is 0 Å². The lowest BCUT2D eigenvalue weighted by molar-refractivity contribution is -0.115. The zero-order valence-electron chi connectivity index (χ0n) is 15.6. The Kier molecular flexibility index (Phi) is 4.72. The molecule has 28 heavy (non-hydrogen) atoms. The first-order chi connectivity index (χ1) is 13.6. The molecule has 0 unspecified atom stereocenters. The van der Waals surface area contributed by atoms with Gasteiger partial charge in [0, 0.05) is 12.4 Å². The molecule has 4 rings (SSSR count). The number of imidazole rings is 1. The number of benzene rings is 1. The molecule has 3 heterocycles. The molecule has 4 aromatic rings. The highest BCUT2D eigenvalue weighted by Crippen LogP contribution is 2.23. The van der Waals surface area contributed by atoms with Gasteiger partial charge in [-0.05, 0) is 42.8 Å². The monoisotopic (exact) mass is 373 g/mol. The van der Waals surface area contributed by atoms with Crippen LogP contribution in [0.2, 0.25) is 0 Å². The zero-order valence-corrected chi connectivity index (χ0v) is 15.6. The van der Waals surface area contributed by atoms with Crippen molar-refractivity contribution in [3.8, 4) is 17.1 Å². The van der Waals surface area contributed by atoms with Gasteiger partial charge in [-0.25, -0.2) is 15.0 Å². The summed E-state index contributed by atoms with van der Waals surface area (Å²) < 4.78 is 7.10. The molecule has 0 aliphatic rings. The Morgan fingerprint density at radius 3 is 2.71 bits per heavy atom. The van der Waals surface area contributed by atoms with Gasteiger partial charge < -0.3 is 4.74 Å². The van der Waals surface area contributed by atoms with Crippen LogP contribution in [0.15, 0.2) is 60.9 Å². The van der Waals surface area contributed by atoms with E-state index in [2.05, 4.69) is 20.3 Å². The lowest BCUT2D eigenvalue weighted by Gasteiger charge is -2.07. The number of nitrogens with zero attached hydrogens (tertiary/aromatic N) is 4. The number of pyridine rings is 1. The Balaban J connectivity index is 1.55. The van der Waals surface area contributed by atoms with Crippen molar-refractivity contribution in [3.63, 3.8) is 0 Å². The second-order valence-electron chi connectivity index (χ2n) is 6.31. The van der Waals surface area contributed by atoms with Crippen LogP contribution in [0, 0.1) is 6.92 Å². The molecule has 0 saturated heterocycles. The fourth-order valence-electron chi connectivity index (χ4n) is 3.07. The minimum atomic E-state index is -0.183. The third-order valence-electron chi connectivity index (χ3n) is 4.38. The Bertz CT molecular complexity index is 1140. The SMILES string of the molecule is COc1ccc(CC(=O)Nc2nccc(-c3c(C)nc4ccccn34)n2)cc1. The van der Waals surface area contributed by atoms with Gasteiger partial charge in [0.05, 0.1) is 30.6 Å². The number of hydrogen-bond donors (Lipinski definition) is 1. The van der Waals surface area contributed by atoms with E-state index in [9.17, 15) is 4.79 Å². The van der Waals surface area contributed by atoms with Crippen molar-refractivity contribution in [2.75, 3.05) is 12.4 Å². The number of ether oxygens (including phenoxy) is 1. The highest BCUT2D eigenvalue weighted by molar-refractivity contribution is 5.90. The van der Waals surface area contributed by atoms with Gasteiger partial charge in [-0.1, -0.05) is 18.2 Å². The van der Waals surface area contributed by atoms with Crippen LogP contribution in [0.25, 0.3) is 17.0 Å². The van der Waals surface area contributed by atoms with Crippen molar-refractivity contribution in [1.29, 1.82) is 0 Å². The van der Waals surface area contributed by atoms with Crippen LogP contribution in [-0.4, -0.2) is 32.4 Å². The van der Waals surface area contributed by atoms with Crippen molar-refractivity contribution in [2.45, 2.75) is 13.3 Å². The zero-order chi connectivity index (χ0) is 19.5. The summed E-state index contributed by atoms with van der Waals surface area (Å²) in [6, 6.07) is 15.0. The number of anilines is 1. The number of aromatic nitrogens is 4. The largest absolute Gasteiger partial charge is 0.497 e. The molecule has 1 N–H and O–H groups in total. The summed E-state index contributed by atoms with van der Waals surface area (Å²) in [5, 5.41) is 2.77. The van der Waals surface area contributed by atoms with E-state index in [1.165, 1.54) is 0 Å². The lowest BCUT2D eigenvalue weighted by Crippen LogP contribution is -2.16. The first kappa shape index (κ1) is 17.7. The number of aryl methyl sites for hydroxylation is 1. The molecule has 0 atom stereocenters. The fraction of sp³-hybridized carbons (Fsp3) is 0.143. The highest BCUT2D eigenvalue weighted by Gasteiger charge is 2.13. The minimum Gasteiger partial charge on any atom is -0.497 e. The first-order valence-electron chi connectivity index (χ1n) is 8.84. The predicted molar refractivity (Wildman–Crippen MR) is 106 cm³/mol. The number of fused-ring (bicyclic) bond motifs is 1. The maximum absolute atomic E-state index is 12.4. The van der Waals surface area contributed by atoms with Crippen LogP contribution in [0.4, 0.5) is 5.95 Å². The highest BCUT2D eigenvalue weighted by atomic mass is 16.5. The van der Waals surface area contributed by atoms with Gasteiger partial charge in [0.1, 0.15) is 11.4 Å². The molecule has 0 aliphatic carbocycles. The number of methoxy groups -OCH3 is 1. The Hall–Kier alpha value is -3.74. The average molecular weight is 373 g/mol. The molecule has 3 aromatic heterocycles. The number of carbonyl (C=O) groups excluding carboxylic acids is 1. The maximum atomic E-state index is 12.4. The van der Waals surface area contributed by atoms with E-state index in [1.807, 2.05) is 66.1 Å². The van der Waals surface area contributed by atoms with E-state index in [1.54, 1.807) is 13.3 Å². The van der Waals surface area contributed by atoms with Crippen LogP contribution in [-0.2, 0) is 11.2 Å². The van der Waals surface area contributed by atoms with Gasteiger partial charge in [0.25, 0.3) is 0 Å². The molecule has 0 bridgehead atoms. The smallest absolute Gasteiger partial charge is 0.231 e. The third-order valence-corrected chi connectivity index (χ3v) is 4.38. The van der Waals surface area contributed by atoms with Gasteiger partial charge >= 0.3 is 0 Å². The Morgan fingerprint density at radius 1 is 1.11 bits per heavy atom. The Morgan fingerprint density at radius 2 is 1.93 bits per heavy atom. The van der Waals surface area contributed by atoms with Gasteiger partial charge in [0.2, 0.25) is 11.9 Å². The van der Waals surface area contributed by atoms with Crippen molar-refractivity contribution in [2.24, 2.45) is 0 Å². The molecule has 0 fully saturated rings. The molecule has 0 radical (unpaired) electrons. The van der Waals surface area contributed by atoms with E-state index < -0.39 is 0 Å². The molecule has 140 valence electrons. The van der Waals surface area contributed by atoms with Crippen LogP contribution in [0.5, 0.6) is 5.75 Å². The summed E-state index contributed by atoms with van der Waals surface area (Å²) in [5.41, 5.74) is 4.17. The number of carbonyl (C=O) groups is 1. The molecule has 0 saturated carbocycles. The summed E-state index contributed by atoms with van der Waals surface area (Å²) in [6.07, 6.45) is 3.80. The van der Waals surface area contributed by atoms with Crippen molar-refractivity contribution < 1.29 is 9.53 Å². The Labute approximate surface area is 162 Å². The van der Waals surface area contributed by atoms with Crippen molar-refractivity contribution in [1.82, 2.24) is 19.4 Å². The van der Waals surface area contributed by atoms with Crippen LogP contribution >= 0.6 is 0 Å². The van der Waals surface area contributed by atoms with E-state index >= 15 is 0 Å². The quantitative estimate of drug-likeness (QED) is 0.581. The molecule has 7 heteroatoms. The minimum absolute atomic E-state index is 0.183. The summed E-state index contributed by atoms with van der Waals surface area (Å²) in [5.74, 6) is 0.835. The molecule has 1 aromatic carbocycles. The molecular formula is C21H19N5O2. The summed E-state index contributed by atoms with van der Waals surface area (Å²) in [6.45, 7) is 1.94. The van der Waals surface area contributed by atoms with Crippen LogP contribution in [0.1, 0.15) is 11.3 Å². The first-order valence-corrected chi connectivity index (χ1v) is 8.84. The number of rotatable bonds is 5. The van der Waals surface area contributed by atoms with Gasteiger partial charge in [0.15, 0.2) is 0 Å². The normalized spacial score (nSPS) is 10.8. The second-order valence-corrected chi connectivity index (χ2v) is 6.31. The maximum Gasteiger partial charge on any atom is 0.231 e. The second kappa shape index (κ2) is 7.48. The standard InChI is InChI=1S/C21H19N5O2/c1-14-20(26-12-4-3-5-18(26)23-14)17-10-11-22-21(24-17)25-19(27)13-15-6-8-16(28-2)9-7-15/h3-12H,13H2,1-2H3,(H,22,24,25,27). The van der Waals surface area contributed by atoms with Crippen molar-refractivity contribution >= 4 is 17.5 Å². The summed E-state index contributed by atoms with van der Waals surface area (Å²) >= 11 is 0. The molecule has 0 spiro atoms. The summed E-state index contributed by atoms with van der Waals surface area (Å²) in [4.78, 5) is 25.6. The van der Waals surface area contributed by atoms with Gasteiger partial charge in [-0.2, -0.15) is 0 Å². The van der Waals surface area contributed by atoms with E-state index in [-0.39, 0.29) is 18.3 Å². The van der Waals surface area contributed by atoms with E-state index in [4.69, 9.17) is 4.74 Å². The third kappa shape index (κ3) is 3.55. The predicted octanol–water partition coefficient (Wildman–Crippen LogP) is 3.29. The molecule has 1 amide bonds. The molecular weight excluding hydrogens is 354 g/mol.